The van der Waals surface area contributed by atoms with Gasteiger partial charge in [0.2, 0.25) is 0 Å². The number of hydrogen-bond donors (Lipinski definition) is 1. The fraction of sp³-hybridized carbons (Fsp3) is 0.308. The summed E-state index contributed by atoms with van der Waals surface area (Å²) in [5.74, 6) is -1.31. The Balaban J connectivity index is 1.39. The van der Waals surface area contributed by atoms with E-state index in [9.17, 15) is 14.7 Å². The van der Waals surface area contributed by atoms with Crippen LogP contribution in [0.15, 0.2) is 72.8 Å². The molecule has 3 aromatic carbocycles. The molecule has 0 unspecified atom stereocenters. The summed E-state index contributed by atoms with van der Waals surface area (Å²) >= 11 is 0. The number of aliphatic carboxylic acids is 1. The Hall–Kier alpha value is -3.22. The van der Waals surface area contributed by atoms with Crippen LogP contribution < -0.4 is 0 Å². The van der Waals surface area contributed by atoms with Crippen molar-refractivity contribution in [1.82, 2.24) is 9.80 Å². The first-order chi connectivity index (χ1) is 15.6. The largest absolute Gasteiger partial charge is 0.480 e. The summed E-state index contributed by atoms with van der Waals surface area (Å²) in [5, 5.41) is 11.8. The zero-order valence-electron chi connectivity index (χ0n) is 17.8. The smallest absolute Gasteiger partial charge is 0.328 e. The summed E-state index contributed by atoms with van der Waals surface area (Å²) in [5.41, 5.74) is 0.855. The van der Waals surface area contributed by atoms with Crippen molar-refractivity contribution in [3.8, 4) is 0 Å². The number of rotatable bonds is 4. The predicted molar refractivity (Wildman–Crippen MR) is 121 cm³/mol. The van der Waals surface area contributed by atoms with Crippen LogP contribution in [-0.2, 0) is 16.1 Å². The number of carboxylic acid groups (broad SMARTS) is 1. The minimum atomic E-state index is -1.03. The lowest BCUT2D eigenvalue weighted by atomic mass is 9.96. The molecule has 5 rings (SSSR count). The maximum atomic E-state index is 13.6. The van der Waals surface area contributed by atoms with Crippen molar-refractivity contribution in [2.24, 2.45) is 0 Å². The van der Waals surface area contributed by atoms with Crippen molar-refractivity contribution < 1.29 is 19.4 Å². The summed E-state index contributed by atoms with van der Waals surface area (Å²) < 4.78 is 6.09. The minimum Gasteiger partial charge on any atom is -0.480 e. The third-order valence-electron chi connectivity index (χ3n) is 6.65. The maximum Gasteiger partial charge on any atom is 0.328 e. The number of carbonyl (C=O) groups excluding carboxylic acids is 1. The lowest BCUT2D eigenvalue weighted by molar-refractivity contribution is -0.144. The summed E-state index contributed by atoms with van der Waals surface area (Å²) in [6, 6.07) is 22.7. The number of likely N-dealkylation sites (tertiary alicyclic amines) is 1. The Morgan fingerprint density at radius 1 is 0.938 bits per heavy atom. The van der Waals surface area contributed by atoms with Crippen LogP contribution in [0.1, 0.15) is 28.8 Å². The van der Waals surface area contributed by atoms with Gasteiger partial charge in [0, 0.05) is 38.0 Å². The van der Waals surface area contributed by atoms with Crippen molar-refractivity contribution in [3.63, 3.8) is 0 Å². The van der Waals surface area contributed by atoms with Gasteiger partial charge in [-0.05, 0) is 28.5 Å². The van der Waals surface area contributed by atoms with Gasteiger partial charge < -0.3 is 9.84 Å². The van der Waals surface area contributed by atoms with Crippen LogP contribution >= 0.6 is 0 Å². The fourth-order valence-electron chi connectivity index (χ4n) is 4.92. The molecule has 1 N–H and O–H groups in total. The van der Waals surface area contributed by atoms with Crippen molar-refractivity contribution in [1.29, 1.82) is 0 Å². The molecule has 0 radical (unpaired) electrons. The molecule has 1 atom stereocenters. The summed E-state index contributed by atoms with van der Waals surface area (Å²) in [6.45, 7) is 2.33. The molecule has 2 aliphatic rings. The van der Waals surface area contributed by atoms with E-state index < -0.39 is 17.7 Å². The van der Waals surface area contributed by atoms with E-state index in [1.165, 1.54) is 10.5 Å². The SMILES string of the molecule is O=C(O)[C@H]1COC2(CCN(Cc3ccccc3)CC2)N1C(=O)c1ccc2ccccc2c1. The number of benzene rings is 3. The Morgan fingerprint density at radius 3 is 2.34 bits per heavy atom. The molecule has 0 aliphatic carbocycles. The molecule has 164 valence electrons. The van der Waals surface area contributed by atoms with Gasteiger partial charge in [-0.15, -0.1) is 0 Å². The van der Waals surface area contributed by atoms with E-state index in [4.69, 9.17) is 4.74 Å². The Bertz CT molecular complexity index is 1140. The monoisotopic (exact) mass is 430 g/mol. The minimum absolute atomic E-state index is 0.0212. The number of hydrogen-bond acceptors (Lipinski definition) is 4. The van der Waals surface area contributed by atoms with E-state index in [-0.39, 0.29) is 12.5 Å². The van der Waals surface area contributed by atoms with Gasteiger partial charge in [-0.2, -0.15) is 0 Å². The average molecular weight is 431 g/mol. The third-order valence-corrected chi connectivity index (χ3v) is 6.65. The van der Waals surface area contributed by atoms with Gasteiger partial charge in [0.1, 0.15) is 5.72 Å². The highest BCUT2D eigenvalue weighted by atomic mass is 16.5. The lowest BCUT2D eigenvalue weighted by Gasteiger charge is -2.44. The molecule has 6 nitrogen and oxygen atoms in total. The molecule has 0 bridgehead atoms. The molecular weight excluding hydrogens is 404 g/mol. The molecule has 2 fully saturated rings. The van der Waals surface area contributed by atoms with E-state index in [1.54, 1.807) is 6.07 Å². The molecule has 1 spiro atoms. The molecule has 0 aromatic heterocycles. The topological polar surface area (TPSA) is 70.1 Å². The molecule has 0 saturated carbocycles. The Morgan fingerprint density at radius 2 is 1.62 bits per heavy atom. The summed E-state index contributed by atoms with van der Waals surface area (Å²) in [7, 11) is 0. The van der Waals surface area contributed by atoms with Crippen molar-refractivity contribution in [3.05, 3.63) is 83.9 Å². The number of piperidine rings is 1. The highest BCUT2D eigenvalue weighted by Crippen LogP contribution is 2.39. The molecule has 1 amide bonds. The molecule has 6 heteroatoms. The van der Waals surface area contributed by atoms with Crippen molar-refractivity contribution in [2.75, 3.05) is 19.7 Å². The highest BCUT2D eigenvalue weighted by Gasteiger charge is 2.54. The van der Waals surface area contributed by atoms with Crippen LogP contribution in [0.5, 0.6) is 0 Å². The second-order valence-corrected chi connectivity index (χ2v) is 8.61. The van der Waals surface area contributed by atoms with Crippen LogP contribution in [0.3, 0.4) is 0 Å². The van der Waals surface area contributed by atoms with E-state index >= 15 is 0 Å². The van der Waals surface area contributed by atoms with Crippen LogP contribution in [-0.4, -0.2) is 58.2 Å². The first kappa shape index (κ1) is 20.7. The number of nitrogens with zero attached hydrogens (tertiary/aromatic N) is 2. The maximum absolute atomic E-state index is 13.6. The Kier molecular flexibility index (Phi) is 5.41. The number of ether oxygens (including phenoxy) is 1. The third kappa shape index (κ3) is 3.76. The van der Waals surface area contributed by atoms with Crippen molar-refractivity contribution in [2.45, 2.75) is 31.2 Å². The molecule has 2 aliphatic heterocycles. The summed E-state index contributed by atoms with van der Waals surface area (Å²) in [6.07, 6.45) is 1.17. The van der Waals surface area contributed by atoms with Gasteiger partial charge in [-0.25, -0.2) is 4.79 Å². The standard InChI is InChI=1S/C26H26N2O4/c29-24(22-11-10-20-8-4-5-9-21(20)16-22)28-23(25(30)31)18-32-26(28)12-14-27(15-13-26)17-19-6-2-1-3-7-19/h1-11,16,23H,12-15,17-18H2,(H,30,31)/t23-/m1/s1. The molecule has 3 aromatic rings. The lowest BCUT2D eigenvalue weighted by Crippen LogP contribution is -2.58. The fourth-order valence-corrected chi connectivity index (χ4v) is 4.92. The normalized spacial score (nSPS) is 20.6. The zero-order valence-corrected chi connectivity index (χ0v) is 17.8. The van der Waals surface area contributed by atoms with E-state index in [1.807, 2.05) is 54.6 Å². The number of amides is 1. The van der Waals surface area contributed by atoms with Gasteiger partial charge in [0.05, 0.1) is 6.61 Å². The first-order valence-corrected chi connectivity index (χ1v) is 11.0. The Labute approximate surface area is 187 Å². The number of carboxylic acids is 1. The van der Waals surface area contributed by atoms with Gasteiger partial charge in [-0.1, -0.05) is 60.7 Å². The van der Waals surface area contributed by atoms with Gasteiger partial charge in [0.15, 0.2) is 6.04 Å². The molecule has 2 heterocycles. The second kappa shape index (κ2) is 8.37. The van der Waals surface area contributed by atoms with E-state index in [2.05, 4.69) is 17.0 Å². The number of carbonyl (C=O) groups is 2. The quantitative estimate of drug-likeness (QED) is 0.683. The van der Waals surface area contributed by atoms with Crippen LogP contribution in [0.2, 0.25) is 0 Å². The van der Waals surface area contributed by atoms with Crippen LogP contribution in [0, 0.1) is 0 Å². The van der Waals surface area contributed by atoms with Crippen LogP contribution in [0.25, 0.3) is 10.8 Å². The van der Waals surface area contributed by atoms with E-state index in [0.29, 0.717) is 18.4 Å². The molecular formula is C26H26N2O4. The van der Waals surface area contributed by atoms with Crippen LogP contribution in [0.4, 0.5) is 0 Å². The zero-order chi connectivity index (χ0) is 22.1. The van der Waals surface area contributed by atoms with Gasteiger partial charge in [-0.3, -0.25) is 14.6 Å². The highest BCUT2D eigenvalue weighted by molar-refractivity contribution is 6.00. The average Bonchev–Trinajstić information content (AvgIpc) is 3.19. The predicted octanol–water partition coefficient (Wildman–Crippen LogP) is 3.76. The van der Waals surface area contributed by atoms with Crippen molar-refractivity contribution >= 4 is 22.6 Å². The van der Waals surface area contributed by atoms with Gasteiger partial charge >= 0.3 is 5.97 Å². The molecule has 32 heavy (non-hydrogen) atoms. The van der Waals surface area contributed by atoms with E-state index in [0.717, 1.165) is 30.4 Å². The molecule has 2 saturated heterocycles. The van der Waals surface area contributed by atoms with Gasteiger partial charge in [0.25, 0.3) is 5.91 Å². The summed E-state index contributed by atoms with van der Waals surface area (Å²) in [4.78, 5) is 29.5. The first-order valence-electron chi connectivity index (χ1n) is 11.0. The number of fused-ring (bicyclic) bond motifs is 1. The second-order valence-electron chi connectivity index (χ2n) is 8.61.